The SMILES string of the molecule is Cc1nc2c(s1)[C@@H](N(C)S(=O)(=O)[C@H](C)C(=O)N(C)C)CCC2. The molecule has 0 fully saturated rings. The molecule has 0 saturated heterocycles. The minimum absolute atomic E-state index is 0.211. The van der Waals surface area contributed by atoms with Crippen molar-refractivity contribution in [2.45, 2.75) is 44.4 Å². The predicted molar refractivity (Wildman–Crippen MR) is 87.4 cm³/mol. The fourth-order valence-corrected chi connectivity index (χ4v) is 5.53. The molecule has 0 aliphatic heterocycles. The summed E-state index contributed by atoms with van der Waals surface area (Å²) in [6, 6.07) is -0.211. The molecule has 0 bridgehead atoms. The Kier molecular flexibility index (Phi) is 4.93. The highest BCUT2D eigenvalue weighted by Gasteiger charge is 2.39. The van der Waals surface area contributed by atoms with E-state index in [0.717, 1.165) is 34.8 Å². The van der Waals surface area contributed by atoms with Gasteiger partial charge in [-0.05, 0) is 33.1 Å². The Morgan fingerprint density at radius 1 is 1.36 bits per heavy atom. The predicted octanol–water partition coefficient (Wildman–Crippen LogP) is 1.57. The molecular weight excluding hydrogens is 322 g/mol. The summed E-state index contributed by atoms with van der Waals surface area (Å²) in [4.78, 5) is 18.9. The van der Waals surface area contributed by atoms with E-state index in [1.54, 1.807) is 32.5 Å². The highest BCUT2D eigenvalue weighted by atomic mass is 32.2. The van der Waals surface area contributed by atoms with Gasteiger partial charge >= 0.3 is 0 Å². The molecule has 0 radical (unpaired) electrons. The average Bonchev–Trinajstić information content (AvgIpc) is 2.84. The number of carbonyl (C=O) groups excluding carboxylic acids is 1. The highest BCUT2D eigenvalue weighted by molar-refractivity contribution is 7.90. The Balaban J connectivity index is 2.32. The number of sulfonamides is 1. The summed E-state index contributed by atoms with van der Waals surface area (Å²) >= 11 is 1.56. The largest absolute Gasteiger partial charge is 0.348 e. The van der Waals surface area contributed by atoms with Gasteiger partial charge in [-0.3, -0.25) is 4.79 Å². The van der Waals surface area contributed by atoms with Crippen molar-refractivity contribution >= 4 is 27.3 Å². The van der Waals surface area contributed by atoms with Crippen LogP contribution in [0.4, 0.5) is 0 Å². The number of amides is 1. The number of aromatic nitrogens is 1. The van der Waals surface area contributed by atoms with Crippen LogP contribution in [0.2, 0.25) is 0 Å². The highest BCUT2D eigenvalue weighted by Crippen LogP contribution is 2.39. The maximum Gasteiger partial charge on any atom is 0.241 e. The molecule has 0 spiro atoms. The van der Waals surface area contributed by atoms with Crippen molar-refractivity contribution < 1.29 is 13.2 Å². The van der Waals surface area contributed by atoms with Crippen molar-refractivity contribution in [1.82, 2.24) is 14.2 Å². The summed E-state index contributed by atoms with van der Waals surface area (Å²) in [6.45, 7) is 3.39. The Bertz CT molecular complexity index is 667. The lowest BCUT2D eigenvalue weighted by atomic mass is 9.98. The van der Waals surface area contributed by atoms with E-state index in [2.05, 4.69) is 4.98 Å². The van der Waals surface area contributed by atoms with Gasteiger partial charge in [0.05, 0.1) is 16.7 Å². The molecule has 0 saturated carbocycles. The quantitative estimate of drug-likeness (QED) is 0.830. The second kappa shape index (κ2) is 6.25. The summed E-state index contributed by atoms with van der Waals surface area (Å²) < 4.78 is 26.9. The van der Waals surface area contributed by atoms with E-state index >= 15 is 0 Å². The molecule has 1 aromatic heterocycles. The van der Waals surface area contributed by atoms with Crippen molar-refractivity contribution in [2.75, 3.05) is 21.1 Å². The first kappa shape index (κ1) is 17.4. The molecule has 8 heteroatoms. The van der Waals surface area contributed by atoms with Gasteiger partial charge in [-0.1, -0.05) is 0 Å². The van der Waals surface area contributed by atoms with Gasteiger partial charge in [0.1, 0.15) is 0 Å². The maximum atomic E-state index is 12.8. The van der Waals surface area contributed by atoms with Crippen molar-refractivity contribution in [3.8, 4) is 0 Å². The Hall–Kier alpha value is -0.990. The van der Waals surface area contributed by atoms with Gasteiger partial charge in [-0.15, -0.1) is 11.3 Å². The van der Waals surface area contributed by atoms with Crippen LogP contribution in [0.15, 0.2) is 0 Å². The minimum Gasteiger partial charge on any atom is -0.348 e. The third-order valence-electron chi connectivity index (χ3n) is 4.10. The third-order valence-corrected chi connectivity index (χ3v) is 7.37. The molecule has 1 aromatic rings. The molecular formula is C14H23N3O3S2. The number of aryl methyl sites for hydroxylation is 2. The molecule has 1 amide bonds. The summed E-state index contributed by atoms with van der Waals surface area (Å²) in [5.74, 6) is -0.400. The standard InChI is InChI=1S/C14H23N3O3S2/c1-9(14(18)16(3)4)22(19,20)17(5)12-8-6-7-11-13(12)21-10(2)15-11/h9,12H,6-8H2,1-5H3/t9-,12+/m1/s1. The lowest BCUT2D eigenvalue weighted by Crippen LogP contribution is -2.45. The molecule has 124 valence electrons. The average molecular weight is 345 g/mol. The Labute approximate surface area is 136 Å². The Morgan fingerprint density at radius 3 is 2.59 bits per heavy atom. The van der Waals surface area contributed by atoms with E-state index in [-0.39, 0.29) is 6.04 Å². The fourth-order valence-electron chi connectivity index (χ4n) is 2.78. The van der Waals surface area contributed by atoms with E-state index in [1.807, 2.05) is 6.92 Å². The number of hydrogen-bond donors (Lipinski definition) is 0. The van der Waals surface area contributed by atoms with Crippen LogP contribution < -0.4 is 0 Å². The van der Waals surface area contributed by atoms with Gasteiger partial charge < -0.3 is 4.90 Å². The van der Waals surface area contributed by atoms with Gasteiger partial charge in [-0.2, -0.15) is 4.31 Å². The van der Waals surface area contributed by atoms with Crippen LogP contribution in [0.3, 0.4) is 0 Å². The molecule has 1 aliphatic rings. The fraction of sp³-hybridized carbons (Fsp3) is 0.714. The van der Waals surface area contributed by atoms with Crippen LogP contribution in [0.1, 0.15) is 41.4 Å². The van der Waals surface area contributed by atoms with E-state index in [4.69, 9.17) is 0 Å². The Morgan fingerprint density at radius 2 is 2.00 bits per heavy atom. The van der Waals surface area contributed by atoms with Gasteiger partial charge in [0.2, 0.25) is 15.9 Å². The van der Waals surface area contributed by atoms with Crippen LogP contribution in [0.5, 0.6) is 0 Å². The number of carbonyl (C=O) groups is 1. The maximum absolute atomic E-state index is 12.8. The number of nitrogens with zero attached hydrogens (tertiary/aromatic N) is 3. The second-order valence-corrected chi connectivity index (χ2v) is 9.44. The monoisotopic (exact) mass is 345 g/mol. The van der Waals surface area contributed by atoms with Crippen LogP contribution in [0, 0.1) is 6.92 Å². The third kappa shape index (κ3) is 3.04. The van der Waals surface area contributed by atoms with Crippen LogP contribution in [-0.4, -0.2) is 54.9 Å². The second-order valence-electron chi connectivity index (χ2n) is 5.89. The molecule has 0 N–H and O–H groups in total. The topological polar surface area (TPSA) is 70.6 Å². The van der Waals surface area contributed by atoms with Crippen molar-refractivity contribution in [3.63, 3.8) is 0 Å². The molecule has 6 nitrogen and oxygen atoms in total. The lowest BCUT2D eigenvalue weighted by molar-refractivity contribution is -0.128. The first-order chi connectivity index (χ1) is 10.2. The smallest absolute Gasteiger partial charge is 0.241 e. The van der Waals surface area contributed by atoms with Gasteiger partial charge in [-0.25, -0.2) is 13.4 Å². The lowest BCUT2D eigenvalue weighted by Gasteiger charge is -2.32. The minimum atomic E-state index is -3.70. The molecule has 0 unspecified atom stereocenters. The van der Waals surface area contributed by atoms with E-state index < -0.39 is 21.2 Å². The zero-order valence-electron chi connectivity index (χ0n) is 13.7. The molecule has 0 aromatic carbocycles. The molecule has 1 heterocycles. The first-order valence-electron chi connectivity index (χ1n) is 7.30. The van der Waals surface area contributed by atoms with E-state index in [1.165, 1.54) is 16.1 Å². The molecule has 2 rings (SSSR count). The summed E-state index contributed by atoms with van der Waals surface area (Å²) in [5, 5.41) is -0.119. The van der Waals surface area contributed by atoms with E-state index in [9.17, 15) is 13.2 Å². The van der Waals surface area contributed by atoms with Gasteiger partial charge in [0.25, 0.3) is 0 Å². The van der Waals surface area contributed by atoms with Crippen molar-refractivity contribution in [3.05, 3.63) is 15.6 Å². The molecule has 2 atom stereocenters. The number of thiazole rings is 1. The first-order valence-corrected chi connectivity index (χ1v) is 9.62. The zero-order chi connectivity index (χ0) is 16.7. The number of rotatable bonds is 4. The summed E-state index contributed by atoms with van der Waals surface area (Å²) in [7, 11) is 1.02. The zero-order valence-corrected chi connectivity index (χ0v) is 15.3. The number of fused-ring (bicyclic) bond motifs is 1. The van der Waals surface area contributed by atoms with Gasteiger partial charge in [0, 0.05) is 26.0 Å². The van der Waals surface area contributed by atoms with Gasteiger partial charge in [0.15, 0.2) is 5.25 Å². The summed E-state index contributed by atoms with van der Waals surface area (Å²) in [5.41, 5.74) is 1.01. The van der Waals surface area contributed by atoms with Crippen molar-refractivity contribution in [1.29, 1.82) is 0 Å². The summed E-state index contributed by atoms with van der Waals surface area (Å²) in [6.07, 6.45) is 2.58. The van der Waals surface area contributed by atoms with Crippen LogP contribution in [-0.2, 0) is 21.2 Å². The van der Waals surface area contributed by atoms with E-state index in [0.29, 0.717) is 0 Å². The molecule has 1 aliphatic carbocycles. The van der Waals surface area contributed by atoms with Crippen LogP contribution in [0.25, 0.3) is 0 Å². The normalized spacial score (nSPS) is 19.8. The van der Waals surface area contributed by atoms with Crippen LogP contribution >= 0.6 is 11.3 Å². The number of hydrogen-bond acceptors (Lipinski definition) is 5. The molecule has 22 heavy (non-hydrogen) atoms. The van der Waals surface area contributed by atoms with Crippen molar-refractivity contribution in [2.24, 2.45) is 0 Å².